The molecule has 3 heterocycles. The number of carbonyl (C=O) groups is 3. The summed E-state index contributed by atoms with van der Waals surface area (Å²) in [6.45, 7) is 0.224. The van der Waals surface area contributed by atoms with Gasteiger partial charge in [-0.1, -0.05) is 6.07 Å². The summed E-state index contributed by atoms with van der Waals surface area (Å²) in [7, 11) is 0. The Balaban J connectivity index is 1.47. The number of hydrogen-bond donors (Lipinski definition) is 1. The largest absolute Gasteiger partial charge is 0.618 e. The maximum atomic E-state index is 12.4. The average Bonchev–Trinajstić information content (AvgIpc) is 2.95. The van der Waals surface area contributed by atoms with Crippen molar-refractivity contribution in [1.29, 1.82) is 0 Å². The molecule has 0 saturated carbocycles. The molecule has 1 fully saturated rings. The van der Waals surface area contributed by atoms with Gasteiger partial charge in [0.15, 0.2) is 6.20 Å². The third kappa shape index (κ3) is 5.11. The molecule has 1 N–H and O–H groups in total. The predicted octanol–water partition coefficient (Wildman–Crippen LogP) is 1.66. The van der Waals surface area contributed by atoms with Crippen LogP contribution in [0.3, 0.4) is 0 Å². The molecule has 3 rings (SSSR count). The highest BCUT2D eigenvalue weighted by Gasteiger charge is 2.34. The Morgan fingerprint density at radius 1 is 1.32 bits per heavy atom. The summed E-state index contributed by atoms with van der Waals surface area (Å²) in [6, 6.07) is 8.48. The molecule has 10 heteroatoms. The zero-order valence-corrected chi connectivity index (χ0v) is 16.2. The lowest BCUT2D eigenvalue weighted by Gasteiger charge is -2.12. The van der Waals surface area contributed by atoms with E-state index in [2.05, 4.69) is 10.3 Å². The molecule has 28 heavy (non-hydrogen) atoms. The van der Waals surface area contributed by atoms with Gasteiger partial charge in [0, 0.05) is 37.6 Å². The minimum atomic E-state index is -0.390. The van der Waals surface area contributed by atoms with Gasteiger partial charge in [0.2, 0.25) is 5.91 Å². The van der Waals surface area contributed by atoms with Crippen LogP contribution >= 0.6 is 23.5 Å². The first-order valence-electron chi connectivity index (χ1n) is 8.27. The SMILES string of the molecule is O=C(CSc1cccc[n+]1[O-])NCCN1C(=O)SC(=Cc2cccnc2)C1=O. The molecule has 8 nitrogen and oxygen atoms in total. The van der Waals surface area contributed by atoms with Gasteiger partial charge in [-0.05, 0) is 47.3 Å². The second-order valence-electron chi connectivity index (χ2n) is 5.62. The summed E-state index contributed by atoms with van der Waals surface area (Å²) in [6.07, 6.45) is 6.20. The Bertz CT molecular complexity index is 921. The first-order valence-corrected chi connectivity index (χ1v) is 10.1. The van der Waals surface area contributed by atoms with Gasteiger partial charge in [0.1, 0.15) is 0 Å². The monoisotopic (exact) mass is 416 g/mol. The number of pyridine rings is 2. The number of amides is 3. The van der Waals surface area contributed by atoms with Crippen molar-refractivity contribution in [2.45, 2.75) is 5.03 Å². The van der Waals surface area contributed by atoms with Crippen LogP contribution in [0, 0.1) is 5.21 Å². The van der Waals surface area contributed by atoms with Gasteiger partial charge in [-0.15, -0.1) is 0 Å². The Morgan fingerprint density at radius 3 is 2.93 bits per heavy atom. The molecular formula is C18H16N4O4S2. The molecule has 1 aliphatic heterocycles. The van der Waals surface area contributed by atoms with Crippen LogP contribution in [0.2, 0.25) is 0 Å². The fraction of sp³-hybridized carbons (Fsp3) is 0.167. The number of rotatable bonds is 7. The van der Waals surface area contributed by atoms with Crippen molar-refractivity contribution < 1.29 is 19.1 Å². The number of thioether (sulfide) groups is 2. The number of imide groups is 1. The van der Waals surface area contributed by atoms with Crippen LogP contribution in [-0.2, 0) is 9.59 Å². The molecule has 144 valence electrons. The third-order valence-electron chi connectivity index (χ3n) is 3.65. The highest BCUT2D eigenvalue weighted by atomic mass is 32.2. The highest BCUT2D eigenvalue weighted by Crippen LogP contribution is 2.31. The Labute approximate surface area is 169 Å². The molecule has 0 bridgehead atoms. The van der Waals surface area contributed by atoms with Crippen LogP contribution in [0.15, 0.2) is 58.9 Å². The molecule has 1 saturated heterocycles. The summed E-state index contributed by atoms with van der Waals surface area (Å²) in [5.74, 6) is -0.611. The van der Waals surface area contributed by atoms with Crippen LogP contribution in [0.4, 0.5) is 4.79 Å². The molecule has 0 radical (unpaired) electrons. The summed E-state index contributed by atoms with van der Waals surface area (Å²) < 4.78 is 0.687. The summed E-state index contributed by atoms with van der Waals surface area (Å²) in [5, 5.41) is 14.2. The van der Waals surface area contributed by atoms with Crippen LogP contribution in [0.5, 0.6) is 0 Å². The molecule has 0 atom stereocenters. The van der Waals surface area contributed by atoms with E-state index in [4.69, 9.17) is 0 Å². The topological polar surface area (TPSA) is 106 Å². The van der Waals surface area contributed by atoms with E-state index in [9.17, 15) is 19.6 Å². The minimum absolute atomic E-state index is 0.0645. The number of nitrogens with zero attached hydrogens (tertiary/aromatic N) is 3. The number of aromatic nitrogens is 2. The molecule has 2 aromatic rings. The first-order chi connectivity index (χ1) is 13.5. The molecule has 2 aromatic heterocycles. The smallest absolute Gasteiger partial charge is 0.293 e. The molecule has 0 aliphatic carbocycles. The fourth-order valence-electron chi connectivity index (χ4n) is 2.33. The minimum Gasteiger partial charge on any atom is -0.618 e. The van der Waals surface area contributed by atoms with Gasteiger partial charge < -0.3 is 10.5 Å². The zero-order chi connectivity index (χ0) is 19.9. The van der Waals surface area contributed by atoms with Crippen molar-refractivity contribution in [1.82, 2.24) is 15.2 Å². The Hall–Kier alpha value is -2.85. The van der Waals surface area contributed by atoms with Crippen molar-refractivity contribution in [3.8, 4) is 0 Å². The predicted molar refractivity (Wildman–Crippen MR) is 106 cm³/mol. The molecule has 3 amide bonds. The van der Waals surface area contributed by atoms with Crippen LogP contribution in [0.1, 0.15) is 5.56 Å². The van der Waals surface area contributed by atoms with E-state index in [1.807, 2.05) is 0 Å². The van der Waals surface area contributed by atoms with Gasteiger partial charge in [0.25, 0.3) is 16.2 Å². The summed E-state index contributed by atoms with van der Waals surface area (Å²) in [5.41, 5.74) is 0.731. The molecule has 0 spiro atoms. The van der Waals surface area contributed by atoms with E-state index in [1.165, 1.54) is 6.20 Å². The molecule has 0 aromatic carbocycles. The summed E-state index contributed by atoms with van der Waals surface area (Å²) >= 11 is 1.97. The van der Waals surface area contributed by atoms with Crippen molar-refractivity contribution >= 4 is 46.7 Å². The number of carbonyl (C=O) groups excluding carboxylic acids is 3. The lowest BCUT2D eigenvalue weighted by molar-refractivity contribution is -0.645. The van der Waals surface area contributed by atoms with E-state index in [-0.39, 0.29) is 35.9 Å². The Kier molecular flexibility index (Phi) is 6.66. The van der Waals surface area contributed by atoms with E-state index in [0.29, 0.717) is 14.7 Å². The van der Waals surface area contributed by atoms with E-state index in [0.717, 1.165) is 34.0 Å². The normalized spacial score (nSPS) is 15.3. The molecule has 1 aliphatic rings. The third-order valence-corrected chi connectivity index (χ3v) is 5.58. The average molecular weight is 416 g/mol. The van der Waals surface area contributed by atoms with Crippen molar-refractivity contribution in [2.75, 3.05) is 18.8 Å². The fourth-order valence-corrected chi connectivity index (χ4v) is 3.94. The first kappa shape index (κ1) is 19.9. The van der Waals surface area contributed by atoms with E-state index < -0.39 is 0 Å². The number of hydrogen-bond acceptors (Lipinski definition) is 7. The van der Waals surface area contributed by atoms with Gasteiger partial charge in [-0.2, -0.15) is 4.73 Å². The van der Waals surface area contributed by atoms with E-state index >= 15 is 0 Å². The second-order valence-corrected chi connectivity index (χ2v) is 7.61. The van der Waals surface area contributed by atoms with Gasteiger partial charge >= 0.3 is 0 Å². The summed E-state index contributed by atoms with van der Waals surface area (Å²) in [4.78, 5) is 41.8. The van der Waals surface area contributed by atoms with Crippen molar-refractivity contribution in [3.05, 3.63) is 64.6 Å². The lowest BCUT2D eigenvalue weighted by Crippen LogP contribution is -2.38. The molecular weight excluding hydrogens is 400 g/mol. The maximum absolute atomic E-state index is 12.4. The van der Waals surface area contributed by atoms with Crippen LogP contribution in [-0.4, -0.2) is 45.8 Å². The van der Waals surface area contributed by atoms with E-state index in [1.54, 1.807) is 48.8 Å². The quantitative estimate of drug-likeness (QED) is 0.317. The van der Waals surface area contributed by atoms with Crippen LogP contribution in [0.25, 0.3) is 6.08 Å². The lowest BCUT2D eigenvalue weighted by atomic mass is 10.2. The van der Waals surface area contributed by atoms with Crippen LogP contribution < -0.4 is 10.0 Å². The standard InChI is InChI=1S/C18H16N4O4S2/c23-15(12-27-16-5-1-2-8-22(16)26)20-7-9-21-17(24)14(28-18(21)25)10-13-4-3-6-19-11-13/h1-6,8,10-11H,7,9,12H2,(H,20,23). The Morgan fingerprint density at radius 2 is 2.18 bits per heavy atom. The van der Waals surface area contributed by atoms with Gasteiger partial charge in [-0.25, -0.2) is 0 Å². The number of nitrogens with one attached hydrogen (secondary N) is 1. The zero-order valence-electron chi connectivity index (χ0n) is 14.6. The van der Waals surface area contributed by atoms with Crippen molar-refractivity contribution in [2.24, 2.45) is 0 Å². The highest BCUT2D eigenvalue weighted by molar-refractivity contribution is 8.18. The maximum Gasteiger partial charge on any atom is 0.293 e. The van der Waals surface area contributed by atoms with Gasteiger partial charge in [0.05, 0.1) is 10.7 Å². The van der Waals surface area contributed by atoms with Gasteiger partial charge in [-0.3, -0.25) is 24.3 Å². The molecule has 0 unspecified atom stereocenters. The second kappa shape index (κ2) is 9.38. The van der Waals surface area contributed by atoms with Crippen molar-refractivity contribution in [3.63, 3.8) is 0 Å².